The molecule has 0 spiro atoms. The van der Waals surface area contributed by atoms with Crippen molar-refractivity contribution in [1.29, 1.82) is 0 Å². The number of amides is 1. The summed E-state index contributed by atoms with van der Waals surface area (Å²) in [5.41, 5.74) is -0.761. The van der Waals surface area contributed by atoms with E-state index in [1.54, 1.807) is 6.92 Å². The zero-order valence-electron chi connectivity index (χ0n) is 9.77. The molecule has 0 aliphatic carbocycles. The first-order valence-electron chi connectivity index (χ1n) is 5.21. The summed E-state index contributed by atoms with van der Waals surface area (Å²) in [4.78, 5) is 26.5. The Balaban J connectivity index is 2.31. The topological polar surface area (TPSA) is 108 Å². The minimum Gasteiger partial charge on any atom is -0.478 e. The SMILES string of the molecule is Cc1nc(C(=O)Nc2cccc(F)c2C(=O)O)n[nH]1. The van der Waals surface area contributed by atoms with Gasteiger partial charge in [-0.05, 0) is 19.1 Å². The molecule has 0 radical (unpaired) electrons. The highest BCUT2D eigenvalue weighted by molar-refractivity contribution is 6.05. The van der Waals surface area contributed by atoms with Crippen molar-refractivity contribution < 1.29 is 19.1 Å². The number of carboxylic acids is 1. The van der Waals surface area contributed by atoms with Crippen molar-refractivity contribution in [2.45, 2.75) is 6.92 Å². The van der Waals surface area contributed by atoms with Crippen LogP contribution in [-0.2, 0) is 0 Å². The fourth-order valence-corrected chi connectivity index (χ4v) is 1.47. The van der Waals surface area contributed by atoms with E-state index in [1.165, 1.54) is 12.1 Å². The van der Waals surface area contributed by atoms with Gasteiger partial charge in [0.15, 0.2) is 0 Å². The molecule has 19 heavy (non-hydrogen) atoms. The van der Waals surface area contributed by atoms with Crippen LogP contribution in [0.2, 0.25) is 0 Å². The minimum atomic E-state index is -1.47. The number of aromatic carboxylic acids is 1. The number of nitrogens with zero attached hydrogens (tertiary/aromatic N) is 2. The maximum Gasteiger partial charge on any atom is 0.340 e. The van der Waals surface area contributed by atoms with E-state index >= 15 is 0 Å². The van der Waals surface area contributed by atoms with E-state index in [9.17, 15) is 14.0 Å². The molecule has 0 fully saturated rings. The van der Waals surface area contributed by atoms with Crippen LogP contribution in [-0.4, -0.2) is 32.2 Å². The Kier molecular flexibility index (Phi) is 3.23. The van der Waals surface area contributed by atoms with Crippen LogP contribution in [0.3, 0.4) is 0 Å². The lowest BCUT2D eigenvalue weighted by Gasteiger charge is -2.07. The Bertz CT molecular complexity index is 653. The summed E-state index contributed by atoms with van der Waals surface area (Å²) in [7, 11) is 0. The van der Waals surface area contributed by atoms with Gasteiger partial charge in [-0.3, -0.25) is 9.89 Å². The summed E-state index contributed by atoms with van der Waals surface area (Å²) < 4.78 is 13.4. The van der Waals surface area contributed by atoms with Crippen LogP contribution in [0, 0.1) is 12.7 Å². The number of aromatic amines is 1. The summed E-state index contributed by atoms with van der Waals surface area (Å²) in [5, 5.41) is 17.3. The molecule has 7 nitrogen and oxygen atoms in total. The number of carbonyl (C=O) groups is 2. The number of anilines is 1. The van der Waals surface area contributed by atoms with Gasteiger partial charge in [0.05, 0.1) is 5.69 Å². The highest BCUT2D eigenvalue weighted by Crippen LogP contribution is 2.19. The maximum atomic E-state index is 13.4. The molecule has 1 heterocycles. The number of aromatic nitrogens is 3. The molecule has 3 N–H and O–H groups in total. The van der Waals surface area contributed by atoms with Gasteiger partial charge >= 0.3 is 5.97 Å². The molecule has 0 unspecified atom stereocenters. The lowest BCUT2D eigenvalue weighted by molar-refractivity contribution is 0.0693. The molecule has 8 heteroatoms. The maximum absolute atomic E-state index is 13.4. The Morgan fingerprint density at radius 2 is 2.16 bits per heavy atom. The van der Waals surface area contributed by atoms with Gasteiger partial charge in [0.2, 0.25) is 5.82 Å². The van der Waals surface area contributed by atoms with Gasteiger partial charge < -0.3 is 10.4 Å². The van der Waals surface area contributed by atoms with Crippen molar-refractivity contribution in [3.8, 4) is 0 Å². The van der Waals surface area contributed by atoms with Crippen LogP contribution in [0.5, 0.6) is 0 Å². The van der Waals surface area contributed by atoms with Gasteiger partial charge in [0.25, 0.3) is 5.91 Å². The molecule has 0 saturated heterocycles. The van der Waals surface area contributed by atoms with Gasteiger partial charge in [0, 0.05) is 0 Å². The molecule has 1 aromatic carbocycles. The molecule has 98 valence electrons. The normalized spacial score (nSPS) is 10.2. The van der Waals surface area contributed by atoms with E-state index in [2.05, 4.69) is 20.5 Å². The summed E-state index contributed by atoms with van der Waals surface area (Å²) in [5.74, 6) is -2.85. The van der Waals surface area contributed by atoms with Crippen LogP contribution < -0.4 is 5.32 Å². The van der Waals surface area contributed by atoms with Crippen LogP contribution in [0.15, 0.2) is 18.2 Å². The number of carboxylic acid groups (broad SMARTS) is 1. The lowest BCUT2D eigenvalue weighted by Crippen LogP contribution is -2.17. The molecule has 0 aliphatic heterocycles. The third kappa shape index (κ3) is 2.57. The Hall–Kier alpha value is -2.77. The Morgan fingerprint density at radius 1 is 1.42 bits per heavy atom. The second-order valence-corrected chi connectivity index (χ2v) is 3.67. The second-order valence-electron chi connectivity index (χ2n) is 3.67. The first kappa shape index (κ1) is 12.7. The van der Waals surface area contributed by atoms with Crippen molar-refractivity contribution >= 4 is 17.6 Å². The monoisotopic (exact) mass is 264 g/mol. The number of benzene rings is 1. The van der Waals surface area contributed by atoms with Crippen LogP contribution >= 0.6 is 0 Å². The molecule has 0 bridgehead atoms. The number of hydrogen-bond donors (Lipinski definition) is 3. The number of aryl methyl sites for hydroxylation is 1. The molecule has 1 amide bonds. The van der Waals surface area contributed by atoms with Crippen molar-refractivity contribution in [2.24, 2.45) is 0 Å². The van der Waals surface area contributed by atoms with Crippen LogP contribution in [0.4, 0.5) is 10.1 Å². The molecule has 0 aliphatic rings. The standard InChI is InChI=1S/C11H9FN4O3/c1-5-13-9(16-15-5)10(17)14-7-4-2-3-6(12)8(7)11(18)19/h2-4H,1H3,(H,14,17)(H,18,19)(H,13,15,16). The highest BCUT2D eigenvalue weighted by Gasteiger charge is 2.19. The molecule has 1 aromatic heterocycles. The number of H-pyrrole nitrogens is 1. The van der Waals surface area contributed by atoms with Gasteiger partial charge in [-0.1, -0.05) is 6.07 Å². The largest absolute Gasteiger partial charge is 0.478 e. The van der Waals surface area contributed by atoms with E-state index in [4.69, 9.17) is 5.11 Å². The van der Waals surface area contributed by atoms with Gasteiger partial charge in [-0.25, -0.2) is 14.2 Å². The predicted octanol–water partition coefficient (Wildman–Crippen LogP) is 1.20. The zero-order valence-corrected chi connectivity index (χ0v) is 9.77. The first-order chi connectivity index (χ1) is 8.99. The summed E-state index contributed by atoms with van der Waals surface area (Å²) in [6.07, 6.45) is 0. The first-order valence-corrected chi connectivity index (χ1v) is 5.21. The Morgan fingerprint density at radius 3 is 2.74 bits per heavy atom. The molecular formula is C11H9FN4O3. The Labute approximate surface area is 106 Å². The lowest BCUT2D eigenvalue weighted by atomic mass is 10.1. The average Bonchev–Trinajstić information content (AvgIpc) is 2.75. The summed E-state index contributed by atoms with van der Waals surface area (Å²) in [6, 6.07) is 3.57. The van der Waals surface area contributed by atoms with Crippen molar-refractivity contribution in [1.82, 2.24) is 15.2 Å². The van der Waals surface area contributed by atoms with E-state index in [0.29, 0.717) is 5.82 Å². The predicted molar refractivity (Wildman–Crippen MR) is 62.4 cm³/mol. The summed E-state index contributed by atoms with van der Waals surface area (Å²) >= 11 is 0. The van der Waals surface area contributed by atoms with E-state index in [-0.39, 0.29) is 11.5 Å². The van der Waals surface area contributed by atoms with E-state index in [0.717, 1.165) is 6.07 Å². The second kappa shape index (κ2) is 4.84. The quantitative estimate of drug-likeness (QED) is 0.772. The number of halogens is 1. The number of hydrogen-bond acceptors (Lipinski definition) is 4. The number of carbonyl (C=O) groups excluding carboxylic acids is 1. The zero-order chi connectivity index (χ0) is 14.0. The molecular weight excluding hydrogens is 255 g/mol. The molecule has 0 saturated carbocycles. The fourth-order valence-electron chi connectivity index (χ4n) is 1.47. The molecule has 2 aromatic rings. The van der Waals surface area contributed by atoms with Crippen molar-refractivity contribution in [2.75, 3.05) is 5.32 Å². The average molecular weight is 264 g/mol. The van der Waals surface area contributed by atoms with E-state index < -0.39 is 23.3 Å². The smallest absolute Gasteiger partial charge is 0.340 e. The fraction of sp³-hybridized carbons (Fsp3) is 0.0909. The van der Waals surface area contributed by atoms with Gasteiger partial charge in [-0.15, -0.1) is 5.10 Å². The van der Waals surface area contributed by atoms with Crippen LogP contribution in [0.25, 0.3) is 0 Å². The molecule has 2 rings (SSSR count). The van der Waals surface area contributed by atoms with Gasteiger partial charge in [0.1, 0.15) is 17.2 Å². The third-order valence-corrected chi connectivity index (χ3v) is 2.28. The van der Waals surface area contributed by atoms with Gasteiger partial charge in [-0.2, -0.15) is 0 Å². The van der Waals surface area contributed by atoms with Crippen molar-refractivity contribution in [3.05, 3.63) is 41.2 Å². The van der Waals surface area contributed by atoms with Crippen LogP contribution in [0.1, 0.15) is 26.8 Å². The molecule has 0 atom stereocenters. The number of nitrogens with one attached hydrogen (secondary N) is 2. The number of rotatable bonds is 3. The summed E-state index contributed by atoms with van der Waals surface area (Å²) in [6.45, 7) is 1.61. The third-order valence-electron chi connectivity index (χ3n) is 2.28. The minimum absolute atomic E-state index is 0.153. The van der Waals surface area contributed by atoms with Crippen molar-refractivity contribution in [3.63, 3.8) is 0 Å². The van der Waals surface area contributed by atoms with E-state index in [1.807, 2.05) is 0 Å². The highest BCUT2D eigenvalue weighted by atomic mass is 19.1.